The molecule has 7 heteroatoms. The average Bonchev–Trinajstić information content (AvgIpc) is 2.83. The Bertz CT molecular complexity index is 1210. The molecule has 0 aliphatic rings. The number of ether oxygens (including phenoxy) is 1. The summed E-state index contributed by atoms with van der Waals surface area (Å²) in [7, 11) is 1.64. The van der Waals surface area contributed by atoms with Crippen LogP contribution in [0.25, 0.3) is 22.0 Å². The highest BCUT2D eigenvalue weighted by atomic mass is 32.2. The Balaban J connectivity index is 1.39. The van der Waals surface area contributed by atoms with Crippen molar-refractivity contribution in [2.24, 2.45) is 0 Å². The Morgan fingerprint density at radius 1 is 0.969 bits per heavy atom. The highest BCUT2D eigenvalue weighted by Gasteiger charge is 2.13. The quantitative estimate of drug-likeness (QED) is 0.390. The fourth-order valence-corrected chi connectivity index (χ4v) is 4.13. The lowest BCUT2D eigenvalue weighted by atomic mass is 10.1. The standard InChI is InChI=1S/C25H22FN3O2S/c1-31-20-12-6-17(7-13-20)14-15-27-23(30)16-32-25-22-5-3-2-4-21(22)24(28-29-25)18-8-10-19(26)11-9-18/h2-13H,14-16H2,1H3,(H,27,30). The number of nitrogens with one attached hydrogen (secondary N) is 1. The maximum Gasteiger partial charge on any atom is 0.230 e. The van der Waals surface area contributed by atoms with Crippen LogP contribution in [0.3, 0.4) is 0 Å². The number of nitrogens with zero attached hydrogens (tertiary/aromatic N) is 2. The van der Waals surface area contributed by atoms with Crippen molar-refractivity contribution >= 4 is 28.4 Å². The Labute approximate surface area is 190 Å². The molecule has 0 saturated carbocycles. The van der Waals surface area contributed by atoms with Gasteiger partial charge in [-0.05, 0) is 48.4 Å². The average molecular weight is 448 g/mol. The molecule has 0 aliphatic carbocycles. The van der Waals surface area contributed by atoms with Crippen LogP contribution in [0.4, 0.5) is 4.39 Å². The van der Waals surface area contributed by atoms with Gasteiger partial charge in [-0.1, -0.05) is 48.2 Å². The van der Waals surface area contributed by atoms with Gasteiger partial charge in [-0.2, -0.15) is 0 Å². The van der Waals surface area contributed by atoms with Gasteiger partial charge in [-0.25, -0.2) is 4.39 Å². The van der Waals surface area contributed by atoms with Crippen molar-refractivity contribution < 1.29 is 13.9 Å². The third-order valence-corrected chi connectivity index (χ3v) is 5.99. The van der Waals surface area contributed by atoms with Crippen LogP contribution in [0.2, 0.25) is 0 Å². The van der Waals surface area contributed by atoms with E-state index in [9.17, 15) is 9.18 Å². The van der Waals surface area contributed by atoms with E-state index in [2.05, 4.69) is 15.5 Å². The van der Waals surface area contributed by atoms with E-state index < -0.39 is 0 Å². The first-order valence-corrected chi connectivity index (χ1v) is 11.2. The lowest BCUT2D eigenvalue weighted by Crippen LogP contribution is -2.27. The largest absolute Gasteiger partial charge is 0.497 e. The van der Waals surface area contributed by atoms with E-state index in [-0.39, 0.29) is 17.5 Å². The topological polar surface area (TPSA) is 64.1 Å². The molecule has 4 rings (SSSR count). The van der Waals surface area contributed by atoms with Gasteiger partial charge in [0.15, 0.2) is 0 Å². The first-order chi connectivity index (χ1) is 15.6. The van der Waals surface area contributed by atoms with Crippen molar-refractivity contribution in [3.05, 3.63) is 84.2 Å². The molecule has 3 aromatic carbocycles. The minimum Gasteiger partial charge on any atom is -0.497 e. The number of hydrogen-bond acceptors (Lipinski definition) is 5. The molecule has 5 nitrogen and oxygen atoms in total. The van der Waals surface area contributed by atoms with Crippen LogP contribution in [0.1, 0.15) is 5.56 Å². The molecule has 32 heavy (non-hydrogen) atoms. The Morgan fingerprint density at radius 3 is 2.41 bits per heavy atom. The molecule has 0 radical (unpaired) electrons. The summed E-state index contributed by atoms with van der Waals surface area (Å²) in [5, 5.41) is 14.2. The molecular formula is C25H22FN3O2S. The van der Waals surface area contributed by atoms with Crippen molar-refractivity contribution in [2.75, 3.05) is 19.4 Å². The fourth-order valence-electron chi connectivity index (χ4n) is 3.33. The number of benzene rings is 3. The smallest absolute Gasteiger partial charge is 0.230 e. The molecule has 0 bridgehead atoms. The molecule has 4 aromatic rings. The highest BCUT2D eigenvalue weighted by Crippen LogP contribution is 2.31. The van der Waals surface area contributed by atoms with Crippen LogP contribution < -0.4 is 10.1 Å². The first kappa shape index (κ1) is 21.8. The van der Waals surface area contributed by atoms with Gasteiger partial charge in [0.1, 0.15) is 22.3 Å². The fraction of sp³-hybridized carbons (Fsp3) is 0.160. The minimum absolute atomic E-state index is 0.0583. The van der Waals surface area contributed by atoms with Gasteiger partial charge in [0.25, 0.3) is 0 Å². The van der Waals surface area contributed by atoms with Crippen LogP contribution in [-0.4, -0.2) is 35.5 Å². The van der Waals surface area contributed by atoms with E-state index in [1.165, 1.54) is 23.9 Å². The van der Waals surface area contributed by atoms with Crippen LogP contribution in [0, 0.1) is 5.82 Å². The van der Waals surface area contributed by atoms with Crippen molar-refractivity contribution in [3.8, 4) is 17.0 Å². The van der Waals surface area contributed by atoms with Gasteiger partial charge in [0.2, 0.25) is 5.91 Å². The van der Waals surface area contributed by atoms with Crippen LogP contribution in [-0.2, 0) is 11.2 Å². The summed E-state index contributed by atoms with van der Waals surface area (Å²) < 4.78 is 18.4. The summed E-state index contributed by atoms with van der Waals surface area (Å²) in [6.45, 7) is 0.557. The first-order valence-electron chi connectivity index (χ1n) is 10.2. The van der Waals surface area contributed by atoms with E-state index >= 15 is 0 Å². The number of halogens is 1. The van der Waals surface area contributed by atoms with Crippen LogP contribution in [0.15, 0.2) is 77.8 Å². The van der Waals surface area contributed by atoms with E-state index in [1.54, 1.807) is 19.2 Å². The molecule has 0 unspecified atom stereocenters. The lowest BCUT2D eigenvalue weighted by Gasteiger charge is -2.10. The number of thioether (sulfide) groups is 1. The number of aromatic nitrogens is 2. The monoisotopic (exact) mass is 447 g/mol. The predicted molar refractivity (Wildman–Crippen MR) is 125 cm³/mol. The van der Waals surface area contributed by atoms with Crippen LogP contribution >= 0.6 is 11.8 Å². The van der Waals surface area contributed by atoms with Gasteiger partial charge >= 0.3 is 0 Å². The summed E-state index contributed by atoms with van der Waals surface area (Å²) >= 11 is 1.35. The van der Waals surface area contributed by atoms with Gasteiger partial charge in [-0.15, -0.1) is 10.2 Å². The maximum atomic E-state index is 13.3. The zero-order valence-electron chi connectivity index (χ0n) is 17.5. The number of methoxy groups -OCH3 is 1. The summed E-state index contributed by atoms with van der Waals surface area (Å²) in [6.07, 6.45) is 0.746. The van der Waals surface area contributed by atoms with E-state index in [0.29, 0.717) is 17.3 Å². The third-order valence-electron chi connectivity index (χ3n) is 5.01. The molecule has 0 spiro atoms. The number of carbonyl (C=O) groups is 1. The van der Waals surface area contributed by atoms with Gasteiger partial charge < -0.3 is 10.1 Å². The summed E-state index contributed by atoms with van der Waals surface area (Å²) in [5.41, 5.74) is 2.61. The number of rotatable bonds is 8. The van der Waals surface area contributed by atoms with Crippen molar-refractivity contribution in [1.82, 2.24) is 15.5 Å². The number of hydrogen-bond donors (Lipinski definition) is 1. The number of carbonyl (C=O) groups excluding carboxylic acids is 1. The second-order valence-electron chi connectivity index (χ2n) is 7.14. The van der Waals surface area contributed by atoms with Gasteiger partial charge in [0, 0.05) is 22.9 Å². The molecule has 0 saturated heterocycles. The normalized spacial score (nSPS) is 10.8. The molecule has 162 valence electrons. The Morgan fingerprint density at radius 2 is 1.69 bits per heavy atom. The zero-order chi connectivity index (χ0) is 22.3. The lowest BCUT2D eigenvalue weighted by molar-refractivity contribution is -0.118. The molecular weight excluding hydrogens is 425 g/mol. The zero-order valence-corrected chi connectivity index (χ0v) is 18.4. The van der Waals surface area contributed by atoms with E-state index in [1.807, 2.05) is 48.5 Å². The summed E-state index contributed by atoms with van der Waals surface area (Å²) in [6, 6.07) is 21.8. The minimum atomic E-state index is -0.295. The van der Waals surface area contributed by atoms with E-state index in [4.69, 9.17) is 4.74 Å². The van der Waals surface area contributed by atoms with Crippen molar-refractivity contribution in [1.29, 1.82) is 0 Å². The molecule has 0 fully saturated rings. The Kier molecular flexibility index (Phi) is 6.97. The SMILES string of the molecule is COc1ccc(CCNC(=O)CSc2nnc(-c3ccc(F)cc3)c3ccccc23)cc1. The molecule has 1 amide bonds. The second kappa shape index (κ2) is 10.2. The number of fused-ring (bicyclic) bond motifs is 1. The highest BCUT2D eigenvalue weighted by molar-refractivity contribution is 8.00. The molecule has 0 aliphatic heterocycles. The van der Waals surface area contributed by atoms with Gasteiger partial charge in [-0.3, -0.25) is 4.79 Å². The number of amides is 1. The molecule has 0 atom stereocenters. The predicted octanol–water partition coefficient (Wildman–Crippen LogP) is 4.90. The summed E-state index contributed by atoms with van der Waals surface area (Å²) in [5.74, 6) is 0.707. The maximum absolute atomic E-state index is 13.3. The second-order valence-corrected chi connectivity index (χ2v) is 8.11. The van der Waals surface area contributed by atoms with E-state index in [0.717, 1.165) is 34.1 Å². The van der Waals surface area contributed by atoms with Crippen molar-refractivity contribution in [2.45, 2.75) is 11.4 Å². The summed E-state index contributed by atoms with van der Waals surface area (Å²) in [4.78, 5) is 12.3. The van der Waals surface area contributed by atoms with Crippen LogP contribution in [0.5, 0.6) is 5.75 Å². The molecule has 1 heterocycles. The van der Waals surface area contributed by atoms with Gasteiger partial charge in [0.05, 0.1) is 12.9 Å². The molecule has 1 N–H and O–H groups in total. The molecule has 1 aromatic heterocycles. The Hall–Kier alpha value is -3.45. The van der Waals surface area contributed by atoms with Crippen molar-refractivity contribution in [3.63, 3.8) is 0 Å². The third kappa shape index (κ3) is 5.23.